The van der Waals surface area contributed by atoms with Crippen LogP contribution >= 0.6 is 0 Å². The second-order valence-electron chi connectivity index (χ2n) is 6.76. The Morgan fingerprint density at radius 2 is 1.93 bits per heavy atom. The molecule has 142 valence electrons. The van der Waals surface area contributed by atoms with Crippen molar-refractivity contribution in [2.24, 2.45) is 0 Å². The van der Waals surface area contributed by atoms with Crippen LogP contribution in [0.15, 0.2) is 47.1 Å². The van der Waals surface area contributed by atoms with Crippen LogP contribution in [0.1, 0.15) is 47.4 Å². The molecule has 0 aliphatic carbocycles. The number of carbonyl (C=O) groups is 1. The van der Waals surface area contributed by atoms with Gasteiger partial charge in [0.25, 0.3) is 5.89 Å². The van der Waals surface area contributed by atoms with Gasteiger partial charge in [0.1, 0.15) is 5.82 Å². The zero-order valence-corrected chi connectivity index (χ0v) is 15.8. The lowest BCUT2D eigenvalue weighted by Crippen LogP contribution is -2.07. The summed E-state index contributed by atoms with van der Waals surface area (Å²) in [4.78, 5) is 16.6. The van der Waals surface area contributed by atoms with Crippen LogP contribution in [-0.2, 0) is 11.3 Å². The van der Waals surface area contributed by atoms with Crippen LogP contribution in [0.3, 0.4) is 0 Å². The number of carbonyl (C=O) groups excluding carboxylic acids is 1. The Balaban J connectivity index is 1.43. The number of aromatic nitrogens is 5. The standard InChI is InChI=1S/C20H19N5O3/c1-12(2)14-4-6-15(7-5-14)19-21-18(28-24-19)11-27-20(26)16-8-9-17-23-22-13(3)25(17)10-16/h4-10,12H,11H2,1-3H3. The van der Waals surface area contributed by atoms with Gasteiger partial charge in [-0.15, -0.1) is 10.2 Å². The zero-order valence-electron chi connectivity index (χ0n) is 15.8. The Kier molecular flexibility index (Phi) is 4.60. The van der Waals surface area contributed by atoms with E-state index in [2.05, 4.69) is 34.2 Å². The third-order valence-corrected chi connectivity index (χ3v) is 4.44. The highest BCUT2D eigenvalue weighted by Crippen LogP contribution is 2.20. The lowest BCUT2D eigenvalue weighted by atomic mass is 10.0. The Bertz CT molecular complexity index is 1130. The minimum Gasteiger partial charge on any atom is -0.452 e. The highest BCUT2D eigenvalue weighted by molar-refractivity contribution is 5.89. The molecule has 0 amide bonds. The fourth-order valence-electron chi connectivity index (χ4n) is 2.78. The molecule has 0 atom stereocenters. The number of fused-ring (bicyclic) bond motifs is 1. The molecular weight excluding hydrogens is 358 g/mol. The molecule has 1 aromatic carbocycles. The predicted octanol–water partition coefficient (Wildman–Crippen LogP) is 3.57. The van der Waals surface area contributed by atoms with E-state index in [1.54, 1.807) is 22.7 Å². The van der Waals surface area contributed by atoms with E-state index in [0.717, 1.165) is 5.56 Å². The van der Waals surface area contributed by atoms with E-state index in [9.17, 15) is 4.79 Å². The summed E-state index contributed by atoms with van der Waals surface area (Å²) in [6, 6.07) is 11.3. The zero-order chi connectivity index (χ0) is 19.7. The van der Waals surface area contributed by atoms with Gasteiger partial charge in [-0.3, -0.25) is 4.40 Å². The number of hydrogen-bond donors (Lipinski definition) is 0. The molecule has 0 N–H and O–H groups in total. The summed E-state index contributed by atoms with van der Waals surface area (Å²) in [5.74, 6) is 1.35. The molecule has 8 heteroatoms. The van der Waals surface area contributed by atoms with Crippen LogP contribution < -0.4 is 0 Å². The molecule has 4 aromatic rings. The maximum atomic E-state index is 12.3. The van der Waals surface area contributed by atoms with Crippen molar-refractivity contribution in [1.82, 2.24) is 24.7 Å². The van der Waals surface area contributed by atoms with E-state index in [4.69, 9.17) is 9.26 Å². The van der Waals surface area contributed by atoms with Gasteiger partial charge in [-0.1, -0.05) is 43.3 Å². The first-order chi connectivity index (χ1) is 13.5. The largest absolute Gasteiger partial charge is 0.452 e. The lowest BCUT2D eigenvalue weighted by Gasteiger charge is -2.04. The summed E-state index contributed by atoms with van der Waals surface area (Å²) in [5.41, 5.74) is 3.14. The maximum Gasteiger partial charge on any atom is 0.340 e. The van der Waals surface area contributed by atoms with Crippen LogP contribution in [0.2, 0.25) is 0 Å². The predicted molar refractivity (Wildman–Crippen MR) is 101 cm³/mol. The summed E-state index contributed by atoms with van der Waals surface area (Å²) in [6.07, 6.45) is 1.64. The second kappa shape index (κ2) is 7.22. The van der Waals surface area contributed by atoms with Gasteiger partial charge in [0.05, 0.1) is 5.56 Å². The first-order valence-electron chi connectivity index (χ1n) is 8.92. The molecule has 3 aromatic heterocycles. The normalized spacial score (nSPS) is 11.3. The van der Waals surface area contributed by atoms with Crippen molar-refractivity contribution in [3.8, 4) is 11.4 Å². The summed E-state index contributed by atoms with van der Waals surface area (Å²) in [7, 11) is 0. The number of pyridine rings is 1. The number of hydrogen-bond acceptors (Lipinski definition) is 7. The van der Waals surface area contributed by atoms with E-state index >= 15 is 0 Å². The summed E-state index contributed by atoms with van der Waals surface area (Å²) in [5, 5.41) is 11.9. The molecule has 8 nitrogen and oxygen atoms in total. The fraction of sp³-hybridized carbons (Fsp3) is 0.250. The number of rotatable bonds is 5. The van der Waals surface area contributed by atoms with E-state index in [1.807, 2.05) is 31.2 Å². The van der Waals surface area contributed by atoms with Crippen molar-refractivity contribution in [2.45, 2.75) is 33.3 Å². The van der Waals surface area contributed by atoms with Gasteiger partial charge in [-0.25, -0.2) is 4.79 Å². The van der Waals surface area contributed by atoms with Gasteiger partial charge < -0.3 is 9.26 Å². The van der Waals surface area contributed by atoms with Crippen molar-refractivity contribution < 1.29 is 14.1 Å². The van der Waals surface area contributed by atoms with Gasteiger partial charge in [-0.2, -0.15) is 4.98 Å². The molecule has 0 aliphatic rings. The summed E-state index contributed by atoms with van der Waals surface area (Å²) < 4.78 is 12.2. The highest BCUT2D eigenvalue weighted by atomic mass is 16.6. The van der Waals surface area contributed by atoms with E-state index in [1.165, 1.54) is 5.56 Å². The molecule has 0 saturated carbocycles. The van der Waals surface area contributed by atoms with Crippen LogP contribution in [0.25, 0.3) is 17.0 Å². The van der Waals surface area contributed by atoms with Gasteiger partial charge in [0.15, 0.2) is 12.3 Å². The van der Waals surface area contributed by atoms with E-state index < -0.39 is 5.97 Å². The number of nitrogens with zero attached hydrogens (tertiary/aromatic N) is 5. The molecule has 0 unspecified atom stereocenters. The Morgan fingerprint density at radius 1 is 1.14 bits per heavy atom. The maximum absolute atomic E-state index is 12.3. The minimum absolute atomic E-state index is 0.102. The molecule has 0 spiro atoms. The summed E-state index contributed by atoms with van der Waals surface area (Å²) >= 11 is 0. The average Bonchev–Trinajstić information content (AvgIpc) is 3.33. The Morgan fingerprint density at radius 3 is 2.68 bits per heavy atom. The summed E-state index contributed by atoms with van der Waals surface area (Å²) in [6.45, 7) is 5.98. The molecule has 0 radical (unpaired) electrons. The van der Waals surface area contributed by atoms with Gasteiger partial charge in [0.2, 0.25) is 5.82 Å². The van der Waals surface area contributed by atoms with Crippen molar-refractivity contribution in [3.05, 3.63) is 65.4 Å². The molecule has 28 heavy (non-hydrogen) atoms. The first-order valence-corrected chi connectivity index (χ1v) is 8.92. The van der Waals surface area contributed by atoms with Crippen LogP contribution in [-0.4, -0.2) is 30.7 Å². The number of ether oxygens (including phenoxy) is 1. The number of benzene rings is 1. The number of esters is 1. The van der Waals surface area contributed by atoms with Crippen molar-refractivity contribution in [1.29, 1.82) is 0 Å². The molecular formula is C20H19N5O3. The molecule has 4 rings (SSSR count). The Hall–Kier alpha value is -3.55. The lowest BCUT2D eigenvalue weighted by molar-refractivity contribution is 0.0429. The van der Waals surface area contributed by atoms with Gasteiger partial charge in [-0.05, 0) is 30.5 Å². The quantitative estimate of drug-likeness (QED) is 0.491. The Labute approximate surface area is 161 Å². The highest BCUT2D eigenvalue weighted by Gasteiger charge is 2.14. The first kappa shape index (κ1) is 17.8. The van der Waals surface area contributed by atoms with Crippen LogP contribution in [0.5, 0.6) is 0 Å². The average molecular weight is 377 g/mol. The fourth-order valence-corrected chi connectivity index (χ4v) is 2.78. The molecule has 0 bridgehead atoms. The van der Waals surface area contributed by atoms with Crippen molar-refractivity contribution >= 4 is 11.6 Å². The minimum atomic E-state index is -0.490. The van der Waals surface area contributed by atoms with Crippen molar-refractivity contribution in [2.75, 3.05) is 0 Å². The van der Waals surface area contributed by atoms with Gasteiger partial charge >= 0.3 is 5.97 Å². The van der Waals surface area contributed by atoms with E-state index in [0.29, 0.717) is 28.8 Å². The monoisotopic (exact) mass is 377 g/mol. The van der Waals surface area contributed by atoms with Crippen LogP contribution in [0.4, 0.5) is 0 Å². The van der Waals surface area contributed by atoms with Crippen molar-refractivity contribution in [3.63, 3.8) is 0 Å². The van der Waals surface area contributed by atoms with E-state index in [-0.39, 0.29) is 12.5 Å². The molecule has 0 saturated heterocycles. The van der Waals surface area contributed by atoms with Crippen LogP contribution in [0, 0.1) is 6.92 Å². The number of aryl methyl sites for hydroxylation is 1. The third kappa shape index (κ3) is 3.48. The third-order valence-electron chi connectivity index (χ3n) is 4.44. The smallest absolute Gasteiger partial charge is 0.340 e. The molecule has 0 fully saturated rings. The SMILES string of the molecule is Cc1nnc2ccc(C(=O)OCc3nc(-c4ccc(C(C)C)cc4)no3)cn12. The molecule has 0 aliphatic heterocycles. The topological polar surface area (TPSA) is 95.4 Å². The van der Waals surface area contributed by atoms with Gasteiger partial charge in [0, 0.05) is 11.8 Å². The second-order valence-corrected chi connectivity index (χ2v) is 6.76. The molecule has 3 heterocycles.